The number of sulfone groups is 1. The number of hydrogen-bond donors (Lipinski definition) is 1. The topological polar surface area (TPSA) is 69.7 Å². The minimum Gasteiger partial charge on any atom is -0.322 e. The van der Waals surface area contributed by atoms with Gasteiger partial charge in [-0.05, 0) is 30.7 Å². The Morgan fingerprint density at radius 1 is 1.04 bits per heavy atom. The Morgan fingerprint density at radius 2 is 1.75 bits per heavy atom. The monoisotopic (exact) mass is 401 g/mol. The highest BCUT2D eigenvalue weighted by molar-refractivity contribution is 7.91. The van der Waals surface area contributed by atoms with Crippen molar-refractivity contribution >= 4 is 21.6 Å². The van der Waals surface area contributed by atoms with Gasteiger partial charge < -0.3 is 10.2 Å². The van der Waals surface area contributed by atoms with E-state index >= 15 is 0 Å². The van der Waals surface area contributed by atoms with Crippen LogP contribution in [0, 0.1) is 6.92 Å². The highest BCUT2D eigenvalue weighted by atomic mass is 32.2. The van der Waals surface area contributed by atoms with Crippen LogP contribution in [0.5, 0.6) is 0 Å². The minimum absolute atomic E-state index is 0.0350. The highest BCUT2D eigenvalue weighted by Gasteiger charge is 2.21. The van der Waals surface area contributed by atoms with Crippen molar-refractivity contribution in [3.63, 3.8) is 0 Å². The van der Waals surface area contributed by atoms with Gasteiger partial charge in [0.05, 0.1) is 10.6 Å². The van der Waals surface area contributed by atoms with Crippen molar-refractivity contribution in [2.75, 3.05) is 37.2 Å². The van der Waals surface area contributed by atoms with Gasteiger partial charge in [0.2, 0.25) is 0 Å². The number of benzene rings is 2. The quantitative estimate of drug-likeness (QED) is 0.836. The lowest BCUT2D eigenvalue weighted by atomic mass is 10.1. The first-order chi connectivity index (χ1) is 13.4. The van der Waals surface area contributed by atoms with Crippen molar-refractivity contribution in [1.29, 1.82) is 0 Å². The lowest BCUT2D eigenvalue weighted by molar-refractivity contribution is 0.143. The molecule has 0 aromatic heterocycles. The van der Waals surface area contributed by atoms with Crippen LogP contribution in [0.2, 0.25) is 0 Å². The summed E-state index contributed by atoms with van der Waals surface area (Å²) < 4.78 is 24.0. The van der Waals surface area contributed by atoms with Crippen LogP contribution in [-0.2, 0) is 16.4 Å². The van der Waals surface area contributed by atoms with E-state index in [9.17, 15) is 13.2 Å². The Balaban J connectivity index is 1.55. The molecule has 7 heteroatoms. The normalized spacial score (nSPS) is 15.4. The van der Waals surface area contributed by atoms with E-state index in [1.807, 2.05) is 0 Å². The van der Waals surface area contributed by atoms with Crippen molar-refractivity contribution in [3.8, 4) is 0 Å². The summed E-state index contributed by atoms with van der Waals surface area (Å²) in [6.07, 6.45) is 0. The maximum atomic E-state index is 12.6. The second kappa shape index (κ2) is 8.75. The standard InChI is InChI=1S/C21H27N3O3S/c1-3-28(26,27)20-9-5-8-19(15-20)22-21(25)24-12-10-23(11-13-24)16-18-7-4-6-17(2)14-18/h4-9,14-15H,3,10-13,16H2,1-2H3,(H,22,25). The van der Waals surface area contributed by atoms with E-state index in [1.165, 1.54) is 17.2 Å². The van der Waals surface area contributed by atoms with Gasteiger partial charge in [-0.15, -0.1) is 0 Å². The lowest BCUT2D eigenvalue weighted by Crippen LogP contribution is -2.49. The van der Waals surface area contributed by atoms with E-state index in [2.05, 4.69) is 41.4 Å². The van der Waals surface area contributed by atoms with Crippen LogP contribution in [0.25, 0.3) is 0 Å². The Kier molecular flexibility index (Phi) is 6.36. The summed E-state index contributed by atoms with van der Waals surface area (Å²) in [5, 5.41) is 2.82. The number of carbonyl (C=O) groups excluding carboxylic acids is 1. The van der Waals surface area contributed by atoms with Crippen LogP contribution in [0.4, 0.5) is 10.5 Å². The molecule has 6 nitrogen and oxygen atoms in total. The average Bonchev–Trinajstić information content (AvgIpc) is 2.69. The van der Waals surface area contributed by atoms with Gasteiger partial charge in [0.25, 0.3) is 0 Å². The van der Waals surface area contributed by atoms with E-state index in [0.29, 0.717) is 18.8 Å². The lowest BCUT2D eigenvalue weighted by Gasteiger charge is -2.34. The van der Waals surface area contributed by atoms with Crippen molar-refractivity contribution in [2.24, 2.45) is 0 Å². The third kappa shape index (κ3) is 5.11. The molecule has 1 fully saturated rings. The Bertz CT molecular complexity index is 935. The average molecular weight is 402 g/mol. The number of rotatable bonds is 5. The molecule has 3 rings (SSSR count). The summed E-state index contributed by atoms with van der Waals surface area (Å²) >= 11 is 0. The van der Waals surface area contributed by atoms with Crippen LogP contribution in [0.1, 0.15) is 18.1 Å². The highest BCUT2D eigenvalue weighted by Crippen LogP contribution is 2.18. The van der Waals surface area contributed by atoms with E-state index in [0.717, 1.165) is 19.6 Å². The summed E-state index contributed by atoms with van der Waals surface area (Å²) in [4.78, 5) is 16.9. The molecule has 1 saturated heterocycles. The first kappa shape index (κ1) is 20.4. The first-order valence-electron chi connectivity index (χ1n) is 9.54. The molecule has 1 N–H and O–H groups in total. The molecule has 0 unspecified atom stereocenters. The van der Waals surface area contributed by atoms with Gasteiger partial charge in [0.1, 0.15) is 0 Å². The van der Waals surface area contributed by atoms with Crippen molar-refractivity contribution in [3.05, 3.63) is 59.7 Å². The summed E-state index contributed by atoms with van der Waals surface area (Å²) in [6, 6.07) is 14.7. The van der Waals surface area contributed by atoms with Gasteiger partial charge in [-0.25, -0.2) is 13.2 Å². The first-order valence-corrected chi connectivity index (χ1v) is 11.2. The Hall–Kier alpha value is -2.38. The second-order valence-corrected chi connectivity index (χ2v) is 9.39. The molecule has 150 valence electrons. The molecule has 2 aromatic rings. The molecule has 0 spiro atoms. The molecule has 0 aliphatic carbocycles. The summed E-state index contributed by atoms with van der Waals surface area (Å²) in [5.41, 5.74) is 3.04. The summed E-state index contributed by atoms with van der Waals surface area (Å²) in [6.45, 7) is 7.49. The van der Waals surface area contributed by atoms with E-state index < -0.39 is 9.84 Å². The molecular weight excluding hydrogens is 374 g/mol. The molecule has 0 saturated carbocycles. The number of urea groups is 1. The number of nitrogens with zero attached hydrogens (tertiary/aromatic N) is 2. The zero-order valence-corrected chi connectivity index (χ0v) is 17.2. The fraction of sp³-hybridized carbons (Fsp3) is 0.381. The molecule has 28 heavy (non-hydrogen) atoms. The molecule has 1 aliphatic rings. The SMILES string of the molecule is CCS(=O)(=O)c1cccc(NC(=O)N2CCN(Cc3cccc(C)c3)CC2)c1. The van der Waals surface area contributed by atoms with Crippen molar-refractivity contribution in [1.82, 2.24) is 9.80 Å². The molecule has 1 heterocycles. The van der Waals surface area contributed by atoms with Gasteiger partial charge in [0, 0.05) is 38.4 Å². The third-order valence-corrected chi connectivity index (χ3v) is 6.70. The fourth-order valence-electron chi connectivity index (χ4n) is 3.31. The van der Waals surface area contributed by atoms with Crippen molar-refractivity contribution in [2.45, 2.75) is 25.3 Å². The van der Waals surface area contributed by atoms with Gasteiger partial charge in [-0.2, -0.15) is 0 Å². The summed E-state index contributed by atoms with van der Waals surface area (Å²) in [7, 11) is -3.29. The fourth-order valence-corrected chi connectivity index (χ4v) is 4.24. The smallest absolute Gasteiger partial charge is 0.321 e. The molecule has 2 aromatic carbocycles. The maximum absolute atomic E-state index is 12.6. The van der Waals surface area contributed by atoms with E-state index in [-0.39, 0.29) is 16.7 Å². The zero-order chi connectivity index (χ0) is 20.1. The largest absolute Gasteiger partial charge is 0.322 e. The number of anilines is 1. The molecule has 2 amide bonds. The number of carbonyl (C=O) groups is 1. The van der Waals surface area contributed by atoms with E-state index in [4.69, 9.17) is 0 Å². The molecule has 0 atom stereocenters. The molecular formula is C21H27N3O3S. The number of amides is 2. The second-order valence-electron chi connectivity index (χ2n) is 7.11. The summed E-state index contributed by atoms with van der Waals surface area (Å²) in [5.74, 6) is 0.0350. The van der Waals surface area contributed by atoms with Crippen molar-refractivity contribution < 1.29 is 13.2 Å². The number of piperazine rings is 1. The van der Waals surface area contributed by atoms with E-state index in [1.54, 1.807) is 30.0 Å². The van der Waals surface area contributed by atoms with Crippen LogP contribution < -0.4 is 5.32 Å². The number of aryl methyl sites for hydroxylation is 1. The van der Waals surface area contributed by atoms with Gasteiger partial charge in [-0.3, -0.25) is 4.90 Å². The number of hydrogen-bond acceptors (Lipinski definition) is 4. The van der Waals surface area contributed by atoms with Crippen LogP contribution in [-0.4, -0.2) is 56.2 Å². The predicted octanol–water partition coefficient (Wildman–Crippen LogP) is 3.14. The Labute approximate surface area is 167 Å². The molecule has 0 bridgehead atoms. The van der Waals surface area contributed by atoms with Gasteiger partial charge in [0.15, 0.2) is 9.84 Å². The van der Waals surface area contributed by atoms with Crippen LogP contribution >= 0.6 is 0 Å². The number of nitrogens with one attached hydrogen (secondary N) is 1. The molecule has 0 radical (unpaired) electrons. The minimum atomic E-state index is -3.29. The van der Waals surface area contributed by atoms with Crippen LogP contribution in [0.3, 0.4) is 0 Å². The zero-order valence-electron chi connectivity index (χ0n) is 16.4. The van der Waals surface area contributed by atoms with Gasteiger partial charge >= 0.3 is 6.03 Å². The maximum Gasteiger partial charge on any atom is 0.321 e. The third-order valence-electron chi connectivity index (χ3n) is 4.97. The van der Waals surface area contributed by atoms with Crippen LogP contribution in [0.15, 0.2) is 53.4 Å². The predicted molar refractivity (Wildman–Crippen MR) is 111 cm³/mol. The Morgan fingerprint density at radius 3 is 2.43 bits per heavy atom. The molecule has 1 aliphatic heterocycles. The van der Waals surface area contributed by atoms with Gasteiger partial charge in [-0.1, -0.05) is 42.8 Å².